The smallest absolute Gasteiger partial charge is 0.335 e. The second-order valence-corrected chi connectivity index (χ2v) is 10.4. The average Bonchev–Trinajstić information content (AvgIpc) is 3.29. The molecule has 168 valence electrons. The van der Waals surface area contributed by atoms with E-state index in [2.05, 4.69) is 22.2 Å². The Morgan fingerprint density at radius 1 is 1.03 bits per heavy atom. The quantitative estimate of drug-likeness (QED) is 0.409. The number of rotatable bonds is 5. The lowest BCUT2D eigenvalue weighted by Crippen LogP contribution is -2.29. The van der Waals surface area contributed by atoms with Crippen LogP contribution in [0.15, 0.2) is 83.8 Å². The number of sulfonamides is 1. The van der Waals surface area contributed by atoms with Crippen molar-refractivity contribution in [3.63, 3.8) is 0 Å². The van der Waals surface area contributed by atoms with Crippen molar-refractivity contribution in [2.24, 2.45) is 5.92 Å². The van der Waals surface area contributed by atoms with Crippen LogP contribution in [0.2, 0.25) is 5.02 Å². The van der Waals surface area contributed by atoms with Crippen molar-refractivity contribution in [3.8, 4) is 0 Å². The van der Waals surface area contributed by atoms with Gasteiger partial charge in [0.05, 0.1) is 16.5 Å². The van der Waals surface area contributed by atoms with Gasteiger partial charge in [0, 0.05) is 22.3 Å². The van der Waals surface area contributed by atoms with Gasteiger partial charge in [0.15, 0.2) is 0 Å². The SMILES string of the molecule is O=C(O)c1ccc(NS(=O)(=O)c2ccc3c(c2)[C@@H]2C=CC[C@@H]2[C@H](c2ccc(Cl)cc2)N3)cc1. The summed E-state index contributed by atoms with van der Waals surface area (Å²) in [5.74, 6) is -0.692. The molecule has 0 amide bonds. The third-order valence-electron chi connectivity index (χ3n) is 6.26. The number of hydrogen-bond donors (Lipinski definition) is 3. The van der Waals surface area contributed by atoms with Gasteiger partial charge in [-0.05, 0) is 78.1 Å². The number of halogens is 1. The normalized spacial score (nSPS) is 21.1. The van der Waals surface area contributed by atoms with Gasteiger partial charge in [-0.3, -0.25) is 4.72 Å². The number of allylic oxidation sites excluding steroid dienone is 2. The van der Waals surface area contributed by atoms with Crippen molar-refractivity contribution in [1.82, 2.24) is 0 Å². The van der Waals surface area contributed by atoms with Crippen LogP contribution in [0.5, 0.6) is 0 Å². The first-order valence-corrected chi connectivity index (χ1v) is 12.4. The van der Waals surface area contributed by atoms with Crippen LogP contribution in [-0.4, -0.2) is 19.5 Å². The van der Waals surface area contributed by atoms with E-state index in [-0.39, 0.29) is 28.3 Å². The van der Waals surface area contributed by atoms with Crippen LogP contribution in [-0.2, 0) is 10.0 Å². The highest BCUT2D eigenvalue weighted by Gasteiger charge is 2.38. The second kappa shape index (κ2) is 8.24. The van der Waals surface area contributed by atoms with E-state index in [1.807, 2.05) is 30.3 Å². The Kier molecular flexibility index (Phi) is 5.38. The van der Waals surface area contributed by atoms with Gasteiger partial charge in [0.1, 0.15) is 0 Å². The summed E-state index contributed by atoms with van der Waals surface area (Å²) in [5.41, 5.74) is 3.40. The molecule has 33 heavy (non-hydrogen) atoms. The number of anilines is 2. The fourth-order valence-electron chi connectivity index (χ4n) is 4.63. The maximum absolute atomic E-state index is 13.0. The van der Waals surface area contributed by atoms with E-state index in [1.54, 1.807) is 12.1 Å². The highest BCUT2D eigenvalue weighted by molar-refractivity contribution is 7.92. The van der Waals surface area contributed by atoms with Gasteiger partial charge >= 0.3 is 5.97 Å². The fourth-order valence-corrected chi connectivity index (χ4v) is 5.85. The molecular weight excluding hydrogens is 460 g/mol. The van der Waals surface area contributed by atoms with Crippen LogP contribution >= 0.6 is 11.6 Å². The van der Waals surface area contributed by atoms with E-state index in [9.17, 15) is 13.2 Å². The number of nitrogens with one attached hydrogen (secondary N) is 2. The van der Waals surface area contributed by atoms with Crippen molar-refractivity contribution < 1.29 is 18.3 Å². The topological polar surface area (TPSA) is 95.5 Å². The zero-order chi connectivity index (χ0) is 23.2. The summed E-state index contributed by atoms with van der Waals surface area (Å²) in [5, 5.41) is 13.3. The molecule has 1 heterocycles. The molecule has 3 atom stereocenters. The summed E-state index contributed by atoms with van der Waals surface area (Å²) in [4.78, 5) is 11.2. The van der Waals surface area contributed by atoms with Crippen LogP contribution in [0.1, 0.15) is 39.9 Å². The second-order valence-electron chi connectivity index (χ2n) is 8.26. The first-order chi connectivity index (χ1) is 15.8. The third-order valence-corrected chi connectivity index (χ3v) is 7.89. The first-order valence-electron chi connectivity index (χ1n) is 10.5. The minimum Gasteiger partial charge on any atom is -0.478 e. The van der Waals surface area contributed by atoms with E-state index in [4.69, 9.17) is 16.7 Å². The van der Waals surface area contributed by atoms with E-state index >= 15 is 0 Å². The molecular formula is C25H21ClN2O4S. The molecule has 0 unspecified atom stereocenters. The zero-order valence-electron chi connectivity index (χ0n) is 17.4. The Hall–Kier alpha value is -3.29. The molecule has 5 rings (SSSR count). The Morgan fingerprint density at radius 2 is 1.76 bits per heavy atom. The Labute approximate surface area is 197 Å². The average molecular weight is 481 g/mol. The first kappa shape index (κ1) is 21.6. The molecule has 0 aromatic heterocycles. The number of carbonyl (C=O) groups is 1. The number of carboxylic acids is 1. The number of benzene rings is 3. The molecule has 2 aliphatic rings. The van der Waals surface area contributed by atoms with Crippen LogP contribution in [0.3, 0.4) is 0 Å². The summed E-state index contributed by atoms with van der Waals surface area (Å²) < 4.78 is 28.6. The molecule has 6 nitrogen and oxygen atoms in total. The minimum absolute atomic E-state index is 0.0899. The van der Waals surface area contributed by atoms with Crippen molar-refractivity contribution >= 4 is 39.0 Å². The molecule has 0 fully saturated rings. The monoisotopic (exact) mass is 480 g/mol. The largest absolute Gasteiger partial charge is 0.478 e. The summed E-state index contributed by atoms with van der Waals surface area (Å²) in [6.45, 7) is 0. The van der Waals surface area contributed by atoms with Crippen LogP contribution in [0.25, 0.3) is 0 Å². The van der Waals surface area contributed by atoms with Gasteiger partial charge in [-0.2, -0.15) is 0 Å². The minimum atomic E-state index is -3.84. The van der Waals surface area contributed by atoms with Gasteiger partial charge in [-0.15, -0.1) is 0 Å². The number of fused-ring (bicyclic) bond motifs is 3. The number of carboxylic acid groups (broad SMARTS) is 1. The molecule has 3 N–H and O–H groups in total. The van der Waals surface area contributed by atoms with Crippen LogP contribution in [0.4, 0.5) is 11.4 Å². The van der Waals surface area contributed by atoms with E-state index in [1.165, 1.54) is 24.3 Å². The molecule has 0 saturated carbocycles. The summed E-state index contributed by atoms with van der Waals surface area (Å²) in [6, 6.07) is 18.6. The fraction of sp³-hybridized carbons (Fsp3) is 0.160. The molecule has 3 aromatic rings. The van der Waals surface area contributed by atoms with Crippen molar-refractivity contribution in [1.29, 1.82) is 0 Å². The van der Waals surface area contributed by atoms with Gasteiger partial charge in [0.2, 0.25) is 0 Å². The Morgan fingerprint density at radius 3 is 2.45 bits per heavy atom. The lowest BCUT2D eigenvalue weighted by Gasteiger charge is -2.37. The van der Waals surface area contributed by atoms with Gasteiger partial charge in [-0.25, -0.2) is 13.2 Å². The maximum Gasteiger partial charge on any atom is 0.335 e. The van der Waals surface area contributed by atoms with Gasteiger partial charge < -0.3 is 10.4 Å². The third kappa shape index (κ3) is 4.10. The lowest BCUT2D eigenvalue weighted by molar-refractivity contribution is 0.0697. The lowest BCUT2D eigenvalue weighted by atomic mass is 9.77. The standard InChI is InChI=1S/C25H21ClN2O4S/c26-17-8-4-15(5-9-17)24-21-3-1-2-20(21)22-14-19(12-13-23(22)27-24)33(31,32)28-18-10-6-16(7-11-18)25(29)30/h1-2,4-14,20-21,24,27-28H,3H2,(H,29,30)/t20-,21+,24+/m1/s1. The number of hydrogen-bond acceptors (Lipinski definition) is 4. The molecule has 1 aliphatic heterocycles. The maximum atomic E-state index is 13.0. The van der Waals surface area contributed by atoms with Gasteiger partial charge in [-0.1, -0.05) is 35.9 Å². The van der Waals surface area contributed by atoms with Crippen LogP contribution < -0.4 is 10.0 Å². The highest BCUT2D eigenvalue weighted by atomic mass is 35.5. The van der Waals surface area contributed by atoms with Crippen molar-refractivity contribution in [2.45, 2.75) is 23.3 Å². The predicted molar refractivity (Wildman–Crippen MR) is 128 cm³/mol. The molecule has 0 radical (unpaired) electrons. The molecule has 0 bridgehead atoms. The van der Waals surface area contributed by atoms with Crippen LogP contribution in [0, 0.1) is 5.92 Å². The molecule has 8 heteroatoms. The molecule has 0 saturated heterocycles. The number of aromatic carboxylic acids is 1. The predicted octanol–water partition coefficient (Wildman–Crippen LogP) is 5.67. The van der Waals surface area contributed by atoms with Crippen molar-refractivity contribution in [3.05, 3.63) is 101 Å². The van der Waals surface area contributed by atoms with E-state index < -0.39 is 16.0 Å². The summed E-state index contributed by atoms with van der Waals surface area (Å²) in [6.07, 6.45) is 5.20. The molecule has 1 aliphatic carbocycles. The van der Waals surface area contributed by atoms with Crippen molar-refractivity contribution in [2.75, 3.05) is 10.0 Å². The van der Waals surface area contributed by atoms with E-state index in [0.717, 1.165) is 23.2 Å². The van der Waals surface area contributed by atoms with Gasteiger partial charge in [0.25, 0.3) is 10.0 Å². The zero-order valence-corrected chi connectivity index (χ0v) is 19.0. The van der Waals surface area contributed by atoms with E-state index in [0.29, 0.717) is 10.7 Å². The Balaban J connectivity index is 1.45. The molecule has 3 aromatic carbocycles. The summed E-state index contributed by atoms with van der Waals surface area (Å²) in [7, 11) is -3.84. The molecule has 0 spiro atoms. The Bertz CT molecular complexity index is 1350. The summed E-state index contributed by atoms with van der Waals surface area (Å²) >= 11 is 6.06. The highest BCUT2D eigenvalue weighted by Crippen LogP contribution is 2.50.